The number of methoxy groups -OCH3 is 1. The monoisotopic (exact) mass is 456 g/mol. The number of amides is 1. The number of ether oxygens (including phenoxy) is 1. The van der Waals surface area contributed by atoms with Crippen LogP contribution in [0.3, 0.4) is 0 Å². The van der Waals surface area contributed by atoms with Crippen molar-refractivity contribution in [1.82, 2.24) is 9.97 Å². The average molecular weight is 457 g/mol. The predicted octanol–water partition coefficient (Wildman–Crippen LogP) is 3.41. The molecule has 0 bridgehead atoms. The number of carbonyl (C=O) groups is 1. The normalized spacial score (nSPS) is 13.8. The summed E-state index contributed by atoms with van der Waals surface area (Å²) >= 11 is 1.13. The molecule has 0 unspecified atom stereocenters. The quantitative estimate of drug-likeness (QED) is 0.448. The van der Waals surface area contributed by atoms with Crippen LogP contribution >= 0.6 is 11.8 Å². The van der Waals surface area contributed by atoms with E-state index in [0.717, 1.165) is 17.3 Å². The zero-order chi connectivity index (χ0) is 22.0. The Morgan fingerprint density at radius 1 is 1.16 bits per heavy atom. The van der Waals surface area contributed by atoms with E-state index in [2.05, 4.69) is 15.3 Å². The molecular weight excluding hydrogens is 436 g/mol. The van der Waals surface area contributed by atoms with Gasteiger partial charge in [-0.15, -0.1) is 0 Å². The zero-order valence-corrected chi connectivity index (χ0v) is 18.5. The molecule has 31 heavy (non-hydrogen) atoms. The fraction of sp³-hybridized carbons (Fsp3) is 0.190. The second-order valence-corrected chi connectivity index (χ2v) is 9.36. The molecule has 1 N–H and O–H groups in total. The molecule has 0 saturated heterocycles. The van der Waals surface area contributed by atoms with Crippen molar-refractivity contribution in [3.8, 4) is 17.0 Å². The summed E-state index contributed by atoms with van der Waals surface area (Å²) in [6.45, 7) is 2.09. The first kappa shape index (κ1) is 21.1. The van der Waals surface area contributed by atoms with E-state index in [4.69, 9.17) is 4.74 Å². The molecule has 0 radical (unpaired) electrons. The van der Waals surface area contributed by atoms with E-state index in [9.17, 15) is 13.2 Å². The lowest BCUT2D eigenvalue weighted by atomic mass is 10.1. The van der Waals surface area contributed by atoms with Crippen molar-refractivity contribution in [2.75, 3.05) is 29.0 Å². The van der Waals surface area contributed by atoms with Gasteiger partial charge in [-0.25, -0.2) is 18.4 Å². The maximum atomic E-state index is 13.0. The Kier molecular flexibility index (Phi) is 5.84. The molecule has 8 nitrogen and oxygen atoms in total. The molecule has 10 heteroatoms. The Hall–Kier alpha value is -3.11. The van der Waals surface area contributed by atoms with Crippen molar-refractivity contribution in [2.45, 2.75) is 17.0 Å². The minimum atomic E-state index is -3.74. The van der Waals surface area contributed by atoms with Gasteiger partial charge in [0.25, 0.3) is 10.0 Å². The van der Waals surface area contributed by atoms with Gasteiger partial charge in [-0.1, -0.05) is 42.1 Å². The highest BCUT2D eigenvalue weighted by Crippen LogP contribution is 2.41. The number of rotatable bonds is 6. The predicted molar refractivity (Wildman–Crippen MR) is 120 cm³/mol. The van der Waals surface area contributed by atoms with Crippen molar-refractivity contribution < 1.29 is 17.9 Å². The highest BCUT2D eigenvalue weighted by atomic mass is 32.2. The van der Waals surface area contributed by atoms with Crippen LogP contribution < -0.4 is 14.4 Å². The van der Waals surface area contributed by atoms with E-state index < -0.39 is 10.0 Å². The second-order valence-electron chi connectivity index (χ2n) is 6.59. The Labute approximate surface area is 184 Å². The minimum absolute atomic E-state index is 0.0618. The van der Waals surface area contributed by atoms with Gasteiger partial charge in [0, 0.05) is 12.1 Å². The van der Waals surface area contributed by atoms with Crippen molar-refractivity contribution in [3.63, 3.8) is 0 Å². The average Bonchev–Trinajstić information content (AvgIpc) is 2.78. The van der Waals surface area contributed by atoms with Crippen LogP contribution in [0.2, 0.25) is 0 Å². The van der Waals surface area contributed by atoms with Gasteiger partial charge in [-0.2, -0.15) is 0 Å². The molecule has 3 aromatic rings. The molecule has 0 fully saturated rings. The van der Waals surface area contributed by atoms with E-state index in [-0.39, 0.29) is 16.6 Å². The summed E-state index contributed by atoms with van der Waals surface area (Å²) in [7, 11) is -2.20. The number of sulfonamides is 1. The summed E-state index contributed by atoms with van der Waals surface area (Å²) in [5.41, 5.74) is 2.22. The van der Waals surface area contributed by atoms with Gasteiger partial charge in [0.15, 0.2) is 5.16 Å². The first-order chi connectivity index (χ1) is 15.0. The SMILES string of the molecule is CCN1c2ccccc2-c2nc(SCC(=O)Nc3ccccc3OC)ncc2S1(=O)=O. The number of anilines is 2. The maximum Gasteiger partial charge on any atom is 0.268 e. The van der Waals surface area contributed by atoms with Gasteiger partial charge in [0.1, 0.15) is 10.6 Å². The smallest absolute Gasteiger partial charge is 0.268 e. The van der Waals surface area contributed by atoms with Crippen LogP contribution in [0.15, 0.2) is 64.8 Å². The molecule has 2 aromatic carbocycles. The zero-order valence-electron chi connectivity index (χ0n) is 16.9. The molecule has 160 valence electrons. The summed E-state index contributed by atoms with van der Waals surface area (Å²) in [6.07, 6.45) is 1.32. The number of nitrogens with zero attached hydrogens (tertiary/aromatic N) is 3. The molecule has 2 heterocycles. The first-order valence-electron chi connectivity index (χ1n) is 9.50. The van der Waals surface area contributed by atoms with Crippen LogP contribution in [0.4, 0.5) is 11.4 Å². The van der Waals surface area contributed by atoms with E-state index >= 15 is 0 Å². The number of para-hydroxylation sites is 3. The third-order valence-corrected chi connectivity index (χ3v) is 7.48. The molecular formula is C21H20N4O4S2. The number of fused-ring (bicyclic) bond motifs is 3. The van der Waals surface area contributed by atoms with Crippen molar-refractivity contribution in [3.05, 3.63) is 54.7 Å². The summed E-state index contributed by atoms with van der Waals surface area (Å²) in [4.78, 5) is 21.1. The number of nitrogens with one attached hydrogen (secondary N) is 1. The summed E-state index contributed by atoms with van der Waals surface area (Å²) in [6, 6.07) is 14.3. The lowest BCUT2D eigenvalue weighted by Gasteiger charge is -2.30. The Morgan fingerprint density at radius 3 is 2.68 bits per heavy atom. The highest BCUT2D eigenvalue weighted by molar-refractivity contribution is 7.99. The molecule has 0 spiro atoms. The lowest BCUT2D eigenvalue weighted by Crippen LogP contribution is -2.34. The largest absolute Gasteiger partial charge is 0.495 e. The van der Waals surface area contributed by atoms with Crippen LogP contribution in [0.25, 0.3) is 11.3 Å². The number of benzene rings is 2. The number of carbonyl (C=O) groups excluding carboxylic acids is 1. The Morgan fingerprint density at radius 2 is 1.90 bits per heavy atom. The van der Waals surface area contributed by atoms with E-state index in [1.165, 1.54) is 17.6 Å². The first-order valence-corrected chi connectivity index (χ1v) is 11.9. The lowest BCUT2D eigenvalue weighted by molar-refractivity contribution is -0.113. The molecule has 4 rings (SSSR count). The number of hydrogen-bond donors (Lipinski definition) is 1. The number of hydrogen-bond acceptors (Lipinski definition) is 7. The fourth-order valence-corrected chi connectivity index (χ4v) is 5.55. The van der Waals surface area contributed by atoms with Crippen molar-refractivity contribution in [1.29, 1.82) is 0 Å². The second kappa shape index (κ2) is 8.56. The van der Waals surface area contributed by atoms with Gasteiger partial charge >= 0.3 is 0 Å². The Bertz CT molecular complexity index is 1250. The molecule has 1 aromatic heterocycles. The minimum Gasteiger partial charge on any atom is -0.495 e. The summed E-state index contributed by atoms with van der Waals surface area (Å²) in [5, 5.41) is 3.12. The van der Waals surface area contributed by atoms with Crippen LogP contribution in [0, 0.1) is 0 Å². The van der Waals surface area contributed by atoms with E-state index in [1.54, 1.807) is 37.3 Å². The number of thioether (sulfide) groups is 1. The third-order valence-electron chi connectivity index (χ3n) is 4.73. The molecule has 1 aliphatic rings. The standard InChI is InChI=1S/C21H20N4O4S2/c1-3-25-16-10-6-4-8-14(16)20-18(31(25,27)28)12-22-21(24-20)30-13-19(26)23-15-9-5-7-11-17(15)29-2/h4-12H,3,13H2,1-2H3,(H,23,26). The van der Waals surface area contributed by atoms with Gasteiger partial charge in [0.2, 0.25) is 5.91 Å². The Balaban J connectivity index is 1.57. The van der Waals surface area contributed by atoms with E-state index in [1.807, 2.05) is 18.2 Å². The third kappa shape index (κ3) is 3.96. The summed E-state index contributed by atoms with van der Waals surface area (Å²) in [5.74, 6) is 0.376. The van der Waals surface area contributed by atoms with Crippen LogP contribution in [0.5, 0.6) is 5.75 Å². The molecule has 1 amide bonds. The molecule has 0 saturated carbocycles. The van der Waals surface area contributed by atoms with E-state index in [0.29, 0.717) is 34.5 Å². The van der Waals surface area contributed by atoms with Crippen LogP contribution in [-0.4, -0.2) is 43.7 Å². The number of aromatic nitrogens is 2. The van der Waals surface area contributed by atoms with Crippen LogP contribution in [0.1, 0.15) is 6.92 Å². The molecule has 1 aliphatic heterocycles. The van der Waals surface area contributed by atoms with Crippen LogP contribution in [-0.2, 0) is 14.8 Å². The van der Waals surface area contributed by atoms with Gasteiger partial charge < -0.3 is 10.1 Å². The van der Waals surface area contributed by atoms with Gasteiger partial charge in [0.05, 0.1) is 36.1 Å². The van der Waals surface area contributed by atoms with Crippen molar-refractivity contribution >= 4 is 39.1 Å². The van der Waals surface area contributed by atoms with Gasteiger partial charge in [-0.05, 0) is 25.1 Å². The molecule has 0 aliphatic carbocycles. The fourth-order valence-electron chi connectivity index (χ4n) is 3.35. The van der Waals surface area contributed by atoms with Gasteiger partial charge in [-0.3, -0.25) is 9.10 Å². The van der Waals surface area contributed by atoms with Crippen molar-refractivity contribution in [2.24, 2.45) is 0 Å². The topological polar surface area (TPSA) is 101 Å². The molecule has 0 atom stereocenters. The maximum absolute atomic E-state index is 13.0. The highest BCUT2D eigenvalue weighted by Gasteiger charge is 2.35. The summed E-state index contributed by atoms with van der Waals surface area (Å²) < 4.78 is 32.6.